The molecule has 2 rings (SSSR count). The monoisotopic (exact) mass is 272 g/mol. The number of nitrogens with one attached hydrogen (secondary N) is 1. The molecule has 1 amide bonds. The van der Waals surface area contributed by atoms with Crippen LogP contribution in [0.1, 0.15) is 5.69 Å². The maximum Gasteiger partial charge on any atom is 0.258 e. The van der Waals surface area contributed by atoms with Gasteiger partial charge in [-0.1, -0.05) is 12.1 Å². The molecule has 0 fully saturated rings. The molecule has 0 unspecified atom stereocenters. The molecule has 1 N–H and O–H groups in total. The van der Waals surface area contributed by atoms with E-state index in [9.17, 15) is 4.79 Å². The van der Waals surface area contributed by atoms with Gasteiger partial charge in [-0.25, -0.2) is 0 Å². The van der Waals surface area contributed by atoms with Crippen LogP contribution in [-0.2, 0) is 11.3 Å². The van der Waals surface area contributed by atoms with Crippen LogP contribution in [0.2, 0.25) is 0 Å². The van der Waals surface area contributed by atoms with E-state index in [4.69, 9.17) is 9.47 Å². The van der Waals surface area contributed by atoms with Crippen molar-refractivity contribution in [2.75, 3.05) is 13.7 Å². The van der Waals surface area contributed by atoms with Crippen LogP contribution in [0.3, 0.4) is 0 Å². The minimum absolute atomic E-state index is 0.0417. The molecule has 5 heteroatoms. The van der Waals surface area contributed by atoms with E-state index in [1.165, 1.54) is 0 Å². The Kier molecular flexibility index (Phi) is 4.94. The van der Waals surface area contributed by atoms with Crippen molar-refractivity contribution in [1.29, 1.82) is 0 Å². The molecule has 1 aromatic heterocycles. The average Bonchev–Trinajstić information content (AvgIpc) is 2.52. The van der Waals surface area contributed by atoms with Gasteiger partial charge in [-0.15, -0.1) is 0 Å². The lowest BCUT2D eigenvalue weighted by Crippen LogP contribution is -2.28. The number of benzene rings is 1. The normalized spacial score (nSPS) is 9.85. The number of amides is 1. The van der Waals surface area contributed by atoms with Crippen LogP contribution in [0.4, 0.5) is 0 Å². The summed E-state index contributed by atoms with van der Waals surface area (Å²) in [4.78, 5) is 15.8. The number of nitrogens with zero attached hydrogens (tertiary/aromatic N) is 1. The van der Waals surface area contributed by atoms with Gasteiger partial charge < -0.3 is 14.8 Å². The van der Waals surface area contributed by atoms with Crippen molar-refractivity contribution in [3.05, 3.63) is 54.4 Å². The molecule has 2 aromatic rings. The van der Waals surface area contributed by atoms with Crippen LogP contribution >= 0.6 is 0 Å². The van der Waals surface area contributed by atoms with E-state index < -0.39 is 0 Å². The summed E-state index contributed by atoms with van der Waals surface area (Å²) in [5.41, 5.74) is 0.808. The summed E-state index contributed by atoms with van der Waals surface area (Å²) in [6, 6.07) is 12.7. The average molecular weight is 272 g/mol. The summed E-state index contributed by atoms with van der Waals surface area (Å²) in [6.07, 6.45) is 1.69. The lowest BCUT2D eigenvalue weighted by Gasteiger charge is -2.08. The first kappa shape index (κ1) is 13.9. The highest BCUT2D eigenvalue weighted by Crippen LogP contribution is 2.18. The van der Waals surface area contributed by atoms with Crippen LogP contribution in [0.5, 0.6) is 11.5 Å². The number of pyridine rings is 1. The molecule has 0 aliphatic heterocycles. The van der Waals surface area contributed by atoms with Crippen molar-refractivity contribution in [3.8, 4) is 11.5 Å². The molecule has 0 aliphatic carbocycles. The lowest BCUT2D eigenvalue weighted by molar-refractivity contribution is -0.123. The van der Waals surface area contributed by atoms with Crippen LogP contribution < -0.4 is 14.8 Å². The van der Waals surface area contributed by atoms with Crippen molar-refractivity contribution in [1.82, 2.24) is 10.3 Å². The van der Waals surface area contributed by atoms with Gasteiger partial charge in [-0.2, -0.15) is 0 Å². The third-order valence-electron chi connectivity index (χ3n) is 2.60. The van der Waals surface area contributed by atoms with Crippen LogP contribution in [-0.4, -0.2) is 24.6 Å². The molecule has 5 nitrogen and oxygen atoms in total. The summed E-state index contributed by atoms with van der Waals surface area (Å²) >= 11 is 0. The first-order valence-electron chi connectivity index (χ1n) is 6.21. The second-order valence-electron chi connectivity index (χ2n) is 4.07. The topological polar surface area (TPSA) is 60.5 Å². The second-order valence-corrected chi connectivity index (χ2v) is 4.07. The highest BCUT2D eigenvalue weighted by molar-refractivity contribution is 5.77. The minimum atomic E-state index is -0.196. The molecule has 0 bridgehead atoms. The molecule has 20 heavy (non-hydrogen) atoms. The van der Waals surface area contributed by atoms with Crippen molar-refractivity contribution in [2.24, 2.45) is 0 Å². The zero-order chi connectivity index (χ0) is 14.2. The van der Waals surface area contributed by atoms with E-state index in [1.54, 1.807) is 31.5 Å². The molecule has 0 spiro atoms. The van der Waals surface area contributed by atoms with Gasteiger partial charge in [-0.3, -0.25) is 9.78 Å². The summed E-state index contributed by atoms with van der Waals surface area (Å²) < 4.78 is 10.5. The summed E-state index contributed by atoms with van der Waals surface area (Å²) in [7, 11) is 1.58. The van der Waals surface area contributed by atoms with Crippen LogP contribution in [0.25, 0.3) is 0 Å². The molecule has 1 heterocycles. The van der Waals surface area contributed by atoms with Gasteiger partial charge in [0, 0.05) is 12.3 Å². The molecule has 0 aliphatic rings. The lowest BCUT2D eigenvalue weighted by atomic mass is 10.3. The Hall–Kier alpha value is -2.56. The standard InChI is InChI=1S/C15H16N2O3/c1-19-13-6-4-7-14(9-13)20-11-15(18)17-10-12-5-2-3-8-16-12/h2-9H,10-11H2,1H3,(H,17,18). The molecule has 1 aromatic carbocycles. The fraction of sp³-hybridized carbons (Fsp3) is 0.200. The summed E-state index contributed by atoms with van der Waals surface area (Å²) in [5, 5.41) is 2.74. The first-order valence-corrected chi connectivity index (χ1v) is 6.21. The second kappa shape index (κ2) is 7.13. The highest BCUT2D eigenvalue weighted by Gasteiger charge is 2.04. The van der Waals surface area contributed by atoms with Gasteiger partial charge in [-0.05, 0) is 24.3 Å². The highest BCUT2D eigenvalue weighted by atomic mass is 16.5. The van der Waals surface area contributed by atoms with Crippen LogP contribution in [0.15, 0.2) is 48.7 Å². The van der Waals surface area contributed by atoms with E-state index in [0.717, 1.165) is 5.69 Å². The third-order valence-corrected chi connectivity index (χ3v) is 2.60. The number of carbonyl (C=O) groups excluding carboxylic acids is 1. The molecule has 0 radical (unpaired) electrons. The largest absolute Gasteiger partial charge is 0.497 e. The quantitative estimate of drug-likeness (QED) is 0.871. The molecule has 0 saturated carbocycles. The number of carbonyl (C=O) groups is 1. The first-order chi connectivity index (χ1) is 9.78. The Bertz CT molecular complexity index is 558. The Morgan fingerprint density at radius 3 is 2.80 bits per heavy atom. The molecule has 0 saturated heterocycles. The molecule has 0 atom stereocenters. The van der Waals surface area contributed by atoms with Crippen molar-refractivity contribution < 1.29 is 14.3 Å². The van der Waals surface area contributed by atoms with Gasteiger partial charge in [0.15, 0.2) is 6.61 Å². The van der Waals surface area contributed by atoms with Crippen LogP contribution in [0, 0.1) is 0 Å². The number of rotatable bonds is 6. The maximum atomic E-state index is 11.6. The molecule has 104 valence electrons. The zero-order valence-corrected chi connectivity index (χ0v) is 11.2. The molecular weight excluding hydrogens is 256 g/mol. The predicted octanol–water partition coefficient (Wildman–Crippen LogP) is 1.79. The number of ether oxygens (including phenoxy) is 2. The van der Waals surface area contributed by atoms with E-state index >= 15 is 0 Å². The Morgan fingerprint density at radius 2 is 2.05 bits per heavy atom. The number of hydrogen-bond acceptors (Lipinski definition) is 4. The number of methoxy groups -OCH3 is 1. The fourth-order valence-electron chi connectivity index (χ4n) is 1.58. The number of hydrogen-bond donors (Lipinski definition) is 1. The Balaban J connectivity index is 1.77. The van der Waals surface area contributed by atoms with Gasteiger partial charge in [0.05, 0.1) is 19.3 Å². The minimum Gasteiger partial charge on any atom is -0.497 e. The SMILES string of the molecule is COc1cccc(OCC(=O)NCc2ccccn2)c1. The van der Waals surface area contributed by atoms with Crippen molar-refractivity contribution in [2.45, 2.75) is 6.54 Å². The Morgan fingerprint density at radius 1 is 1.20 bits per heavy atom. The summed E-state index contributed by atoms with van der Waals surface area (Å²) in [5.74, 6) is 1.09. The van der Waals surface area contributed by atoms with E-state index in [1.807, 2.05) is 24.3 Å². The maximum absolute atomic E-state index is 11.6. The fourth-order valence-corrected chi connectivity index (χ4v) is 1.58. The van der Waals surface area contributed by atoms with E-state index in [-0.39, 0.29) is 12.5 Å². The summed E-state index contributed by atoms with van der Waals surface area (Å²) in [6.45, 7) is 0.348. The van der Waals surface area contributed by atoms with Crippen molar-refractivity contribution >= 4 is 5.91 Å². The third kappa shape index (κ3) is 4.28. The van der Waals surface area contributed by atoms with E-state index in [0.29, 0.717) is 18.0 Å². The smallest absolute Gasteiger partial charge is 0.258 e. The van der Waals surface area contributed by atoms with Gasteiger partial charge in [0.2, 0.25) is 0 Å². The van der Waals surface area contributed by atoms with Gasteiger partial charge in [0.1, 0.15) is 11.5 Å². The zero-order valence-electron chi connectivity index (χ0n) is 11.2. The van der Waals surface area contributed by atoms with Crippen molar-refractivity contribution in [3.63, 3.8) is 0 Å². The van der Waals surface area contributed by atoms with E-state index in [2.05, 4.69) is 10.3 Å². The van der Waals surface area contributed by atoms with Gasteiger partial charge in [0.25, 0.3) is 5.91 Å². The molecular formula is C15H16N2O3. The van der Waals surface area contributed by atoms with Gasteiger partial charge >= 0.3 is 0 Å². The number of aromatic nitrogens is 1. The predicted molar refractivity (Wildman–Crippen MR) is 74.6 cm³/mol. The Labute approximate surface area is 117 Å².